The predicted molar refractivity (Wildman–Crippen MR) is 112 cm³/mol. The lowest BCUT2D eigenvalue weighted by Gasteiger charge is -2.35. The van der Waals surface area contributed by atoms with Crippen LogP contribution in [0.25, 0.3) is 5.57 Å². The zero-order chi connectivity index (χ0) is 19.9. The van der Waals surface area contributed by atoms with Gasteiger partial charge in [-0.05, 0) is 74.0 Å². The summed E-state index contributed by atoms with van der Waals surface area (Å²) in [6.45, 7) is 4.76. The number of allylic oxidation sites excluding steroid dienone is 2. The summed E-state index contributed by atoms with van der Waals surface area (Å²) in [7, 11) is 0. The van der Waals surface area contributed by atoms with Gasteiger partial charge in [0.15, 0.2) is 11.6 Å². The minimum Gasteiger partial charge on any atom is -0.490 e. The highest BCUT2D eigenvalue weighted by molar-refractivity contribution is 5.67. The van der Waals surface area contributed by atoms with Gasteiger partial charge in [0.1, 0.15) is 0 Å². The van der Waals surface area contributed by atoms with Crippen LogP contribution in [0.3, 0.4) is 0 Å². The molecule has 0 spiro atoms. The summed E-state index contributed by atoms with van der Waals surface area (Å²) >= 11 is 0. The molecular weight excluding hydrogens is 354 g/mol. The second kappa shape index (κ2) is 10.4. The van der Waals surface area contributed by atoms with Crippen molar-refractivity contribution in [3.8, 4) is 5.75 Å². The molecule has 0 heterocycles. The first-order valence-electron chi connectivity index (χ1n) is 11.4. The second-order valence-electron chi connectivity index (χ2n) is 8.77. The molecule has 0 N–H and O–H groups in total. The number of unbranched alkanes of at least 4 members (excludes halogenated alkanes) is 1. The van der Waals surface area contributed by atoms with Crippen molar-refractivity contribution in [3.05, 3.63) is 35.4 Å². The average Bonchev–Trinajstić information content (AvgIpc) is 2.72. The molecule has 1 saturated carbocycles. The Morgan fingerprint density at radius 2 is 1.71 bits per heavy atom. The summed E-state index contributed by atoms with van der Waals surface area (Å²) in [6, 6.07) is 3.28. The van der Waals surface area contributed by atoms with Crippen molar-refractivity contribution in [2.75, 3.05) is 6.61 Å². The van der Waals surface area contributed by atoms with Gasteiger partial charge >= 0.3 is 0 Å². The molecule has 1 nitrogen and oxygen atoms in total. The van der Waals surface area contributed by atoms with Crippen LogP contribution in [0.15, 0.2) is 18.2 Å². The molecule has 3 heteroatoms. The van der Waals surface area contributed by atoms with Crippen LogP contribution in [0.4, 0.5) is 8.78 Å². The third-order valence-electron chi connectivity index (χ3n) is 6.85. The number of rotatable bonds is 8. The van der Waals surface area contributed by atoms with Gasteiger partial charge in [0.25, 0.3) is 0 Å². The Morgan fingerprint density at radius 3 is 2.36 bits per heavy atom. The quantitative estimate of drug-likeness (QED) is 0.409. The molecule has 3 rings (SSSR count). The molecule has 1 unspecified atom stereocenters. The fraction of sp³-hybridized carbons (Fsp3) is 0.680. The van der Waals surface area contributed by atoms with Gasteiger partial charge in [0, 0.05) is 5.56 Å². The fourth-order valence-electron chi connectivity index (χ4n) is 5.10. The summed E-state index contributed by atoms with van der Waals surface area (Å²) in [5, 5.41) is 0. The molecule has 1 aromatic carbocycles. The van der Waals surface area contributed by atoms with E-state index in [0.717, 1.165) is 55.4 Å². The Bertz CT molecular complexity index is 659. The molecular formula is C25H36F2O. The molecule has 2 aliphatic rings. The van der Waals surface area contributed by atoms with Gasteiger partial charge in [-0.2, -0.15) is 4.39 Å². The molecule has 1 aromatic rings. The molecule has 0 bridgehead atoms. The van der Waals surface area contributed by atoms with Gasteiger partial charge in [-0.3, -0.25) is 0 Å². The molecule has 0 amide bonds. The molecule has 1 fully saturated rings. The van der Waals surface area contributed by atoms with Gasteiger partial charge in [-0.25, -0.2) is 4.39 Å². The molecule has 156 valence electrons. The molecule has 0 aliphatic heterocycles. The number of hydrogen-bond acceptors (Lipinski definition) is 1. The summed E-state index contributed by atoms with van der Waals surface area (Å²) in [5.74, 6) is 0.918. The van der Waals surface area contributed by atoms with E-state index in [1.807, 2.05) is 6.92 Å². The van der Waals surface area contributed by atoms with Crippen molar-refractivity contribution in [1.82, 2.24) is 0 Å². The number of hydrogen-bond donors (Lipinski definition) is 0. The second-order valence-corrected chi connectivity index (χ2v) is 8.77. The third kappa shape index (κ3) is 5.15. The van der Waals surface area contributed by atoms with E-state index in [1.165, 1.54) is 38.5 Å². The van der Waals surface area contributed by atoms with E-state index in [2.05, 4.69) is 13.0 Å². The minimum absolute atomic E-state index is 0.0350. The topological polar surface area (TPSA) is 9.23 Å². The van der Waals surface area contributed by atoms with Crippen LogP contribution in [-0.2, 0) is 0 Å². The first-order chi connectivity index (χ1) is 13.6. The van der Waals surface area contributed by atoms with Crippen molar-refractivity contribution in [2.24, 2.45) is 17.8 Å². The fourth-order valence-corrected chi connectivity index (χ4v) is 5.10. The highest BCUT2D eigenvalue weighted by Crippen LogP contribution is 2.42. The Balaban J connectivity index is 1.59. The monoisotopic (exact) mass is 390 g/mol. The molecule has 0 saturated heterocycles. The molecule has 0 radical (unpaired) electrons. The van der Waals surface area contributed by atoms with Gasteiger partial charge in [0.05, 0.1) is 6.61 Å². The van der Waals surface area contributed by atoms with Crippen LogP contribution >= 0.6 is 0 Å². The van der Waals surface area contributed by atoms with Crippen LogP contribution < -0.4 is 4.74 Å². The Morgan fingerprint density at radius 1 is 0.929 bits per heavy atom. The molecule has 0 aromatic heterocycles. The van der Waals surface area contributed by atoms with E-state index in [9.17, 15) is 8.78 Å². The largest absolute Gasteiger partial charge is 0.490 e. The van der Waals surface area contributed by atoms with E-state index in [4.69, 9.17) is 4.74 Å². The lowest BCUT2D eigenvalue weighted by molar-refractivity contribution is 0.189. The number of halogens is 2. The average molecular weight is 391 g/mol. The third-order valence-corrected chi connectivity index (χ3v) is 6.85. The first kappa shape index (κ1) is 21.3. The van der Waals surface area contributed by atoms with Gasteiger partial charge in [-0.1, -0.05) is 52.0 Å². The SMILES string of the molecule is CCCCOc1ccc(C2=CCC(C3CCC(CCC)CC3)CC2)c(F)c1F. The van der Waals surface area contributed by atoms with Crippen molar-refractivity contribution in [2.45, 2.75) is 84.5 Å². The van der Waals surface area contributed by atoms with E-state index < -0.39 is 11.6 Å². The van der Waals surface area contributed by atoms with Crippen LogP contribution in [0, 0.1) is 29.4 Å². The van der Waals surface area contributed by atoms with Crippen molar-refractivity contribution >= 4 is 5.57 Å². The molecule has 1 atom stereocenters. The molecule has 28 heavy (non-hydrogen) atoms. The maximum atomic E-state index is 14.6. The van der Waals surface area contributed by atoms with Crippen LogP contribution in [-0.4, -0.2) is 6.61 Å². The Hall–Kier alpha value is -1.38. The van der Waals surface area contributed by atoms with Crippen molar-refractivity contribution in [1.29, 1.82) is 0 Å². The number of ether oxygens (including phenoxy) is 1. The Labute approximate surface area is 169 Å². The van der Waals surface area contributed by atoms with Crippen LogP contribution in [0.2, 0.25) is 0 Å². The van der Waals surface area contributed by atoms with Crippen molar-refractivity contribution < 1.29 is 13.5 Å². The van der Waals surface area contributed by atoms with Crippen molar-refractivity contribution in [3.63, 3.8) is 0 Å². The maximum absolute atomic E-state index is 14.6. The summed E-state index contributed by atoms with van der Waals surface area (Å²) < 4.78 is 34.4. The predicted octanol–water partition coefficient (Wildman–Crippen LogP) is 7.93. The zero-order valence-electron chi connectivity index (χ0n) is 17.6. The normalized spacial score (nSPS) is 25.4. The van der Waals surface area contributed by atoms with Gasteiger partial charge in [0.2, 0.25) is 5.82 Å². The van der Waals surface area contributed by atoms with Crippen LogP contribution in [0.5, 0.6) is 5.75 Å². The highest BCUT2D eigenvalue weighted by atomic mass is 19.2. The van der Waals surface area contributed by atoms with Gasteiger partial charge in [-0.15, -0.1) is 0 Å². The van der Waals surface area contributed by atoms with Gasteiger partial charge < -0.3 is 4.74 Å². The summed E-state index contributed by atoms with van der Waals surface area (Å²) in [6.07, 6.45) is 15.1. The number of benzene rings is 1. The maximum Gasteiger partial charge on any atom is 0.201 e. The molecule has 2 aliphatic carbocycles. The first-order valence-corrected chi connectivity index (χ1v) is 11.4. The van der Waals surface area contributed by atoms with E-state index in [0.29, 0.717) is 12.2 Å². The van der Waals surface area contributed by atoms with E-state index in [-0.39, 0.29) is 5.75 Å². The van der Waals surface area contributed by atoms with E-state index >= 15 is 0 Å². The standard InChI is InChI=1S/C25H36F2O/c1-3-5-17-28-23-16-15-22(24(26)25(23)27)21-13-11-20(12-14-21)19-9-7-18(6-4-2)8-10-19/h13,15-16,18-20H,3-12,14,17H2,1-2H3. The summed E-state index contributed by atoms with van der Waals surface area (Å²) in [5.41, 5.74) is 1.39. The minimum atomic E-state index is -0.842. The van der Waals surface area contributed by atoms with Crippen LogP contribution in [0.1, 0.15) is 90.0 Å². The smallest absolute Gasteiger partial charge is 0.201 e. The highest BCUT2D eigenvalue weighted by Gasteiger charge is 2.29. The Kier molecular flexibility index (Phi) is 7.93. The lowest BCUT2D eigenvalue weighted by atomic mass is 9.70. The zero-order valence-corrected chi connectivity index (χ0v) is 17.6. The van der Waals surface area contributed by atoms with E-state index in [1.54, 1.807) is 12.1 Å². The lowest BCUT2D eigenvalue weighted by Crippen LogP contribution is -2.23. The summed E-state index contributed by atoms with van der Waals surface area (Å²) in [4.78, 5) is 0.